The minimum Gasteiger partial charge on any atom is -0.463 e. The predicted octanol–water partition coefficient (Wildman–Crippen LogP) is 2.95. The van der Waals surface area contributed by atoms with Crippen LogP contribution in [0.15, 0.2) is 29.8 Å². The first-order valence-electron chi connectivity index (χ1n) is 13.3. The quantitative estimate of drug-likeness (QED) is 0.331. The fourth-order valence-electron chi connectivity index (χ4n) is 4.52. The summed E-state index contributed by atoms with van der Waals surface area (Å²) in [6.07, 6.45) is -1.50. The normalized spacial score (nSPS) is 23.2. The van der Waals surface area contributed by atoms with Crippen molar-refractivity contribution < 1.29 is 47.6 Å². The molecule has 1 saturated carbocycles. The number of nitrogens with one attached hydrogen (secondary N) is 1. The number of carbonyl (C=O) groups excluding carboxylic acids is 4. The molecule has 4 rings (SSSR count). The van der Waals surface area contributed by atoms with Crippen molar-refractivity contribution in [2.24, 2.45) is 0 Å². The van der Waals surface area contributed by atoms with Gasteiger partial charge in [-0.3, -0.25) is 24.3 Å². The van der Waals surface area contributed by atoms with Crippen molar-refractivity contribution in [3.63, 3.8) is 0 Å². The molecule has 5 atom stereocenters. The number of carbonyl (C=O) groups is 4. The van der Waals surface area contributed by atoms with E-state index in [1.54, 1.807) is 0 Å². The number of ether oxygens (including phenoxy) is 6. The third-order valence-electron chi connectivity index (χ3n) is 6.48. The molecule has 41 heavy (non-hydrogen) atoms. The van der Waals surface area contributed by atoms with Gasteiger partial charge in [-0.15, -0.1) is 5.10 Å². The monoisotopic (exact) mass is 570 g/mol. The highest BCUT2D eigenvalue weighted by molar-refractivity contribution is 5.68. The molecule has 1 aliphatic heterocycles. The Morgan fingerprint density at radius 1 is 0.902 bits per heavy atom. The lowest BCUT2D eigenvalue weighted by atomic mass is 9.98. The maximum Gasteiger partial charge on any atom is 0.303 e. The Balaban J connectivity index is 1.63. The van der Waals surface area contributed by atoms with Crippen LogP contribution >= 0.6 is 0 Å². The SMILES string of the molecule is CC(=O)OC[C@H]1OC(Oc2n[nH]c(C)c2Cc2ccc(C=C3CC3)cc2)[C@H](OC(C)=O)[C@@H](OC(C)=O)[C@@H]1OC(C)=O. The van der Waals surface area contributed by atoms with Crippen LogP contribution in [0.25, 0.3) is 6.08 Å². The highest BCUT2D eigenvalue weighted by Crippen LogP contribution is 2.33. The zero-order valence-corrected chi connectivity index (χ0v) is 23.6. The van der Waals surface area contributed by atoms with E-state index in [1.165, 1.54) is 19.4 Å². The van der Waals surface area contributed by atoms with E-state index in [9.17, 15) is 19.2 Å². The first-order valence-corrected chi connectivity index (χ1v) is 13.3. The molecule has 2 fully saturated rings. The summed E-state index contributed by atoms with van der Waals surface area (Å²) >= 11 is 0. The minimum atomic E-state index is -1.37. The summed E-state index contributed by atoms with van der Waals surface area (Å²) in [5.74, 6) is -2.60. The van der Waals surface area contributed by atoms with Gasteiger partial charge in [0.15, 0.2) is 12.2 Å². The molecule has 1 aromatic carbocycles. The van der Waals surface area contributed by atoms with Crippen LogP contribution in [0.3, 0.4) is 0 Å². The Morgan fingerprint density at radius 3 is 2.10 bits per heavy atom. The molecule has 12 nitrogen and oxygen atoms in total. The van der Waals surface area contributed by atoms with Gasteiger partial charge < -0.3 is 28.4 Å². The molecule has 1 aromatic heterocycles. The lowest BCUT2D eigenvalue weighted by molar-refractivity contribution is -0.289. The highest BCUT2D eigenvalue weighted by atomic mass is 16.7. The van der Waals surface area contributed by atoms with E-state index in [1.807, 2.05) is 19.1 Å². The molecule has 1 unspecified atom stereocenters. The second-order valence-corrected chi connectivity index (χ2v) is 10.0. The third-order valence-corrected chi connectivity index (χ3v) is 6.48. The summed E-state index contributed by atoms with van der Waals surface area (Å²) in [7, 11) is 0. The lowest BCUT2D eigenvalue weighted by Crippen LogP contribution is -2.63. The lowest BCUT2D eigenvalue weighted by Gasteiger charge is -2.43. The number of aromatic nitrogens is 2. The fourth-order valence-corrected chi connectivity index (χ4v) is 4.52. The standard InChI is InChI=1S/C29H34N2O10/c1-15-23(13-22-10-8-21(9-11-22)12-20-6-7-20)28(31-30-15)41-29-27(39-19(5)35)26(38-18(4)34)25(37-17(3)33)24(40-29)14-36-16(2)32/h8-12,24-27,29H,6-7,13-14H2,1-5H3,(H,30,31)/t24-,25-,26+,27-,29?/m1/s1. The second-order valence-electron chi connectivity index (χ2n) is 10.0. The molecule has 2 aromatic rings. The zero-order valence-electron chi connectivity index (χ0n) is 23.6. The van der Waals surface area contributed by atoms with E-state index in [0.717, 1.165) is 49.1 Å². The van der Waals surface area contributed by atoms with Crippen molar-refractivity contribution >= 4 is 30.0 Å². The first kappa shape index (κ1) is 29.8. The highest BCUT2D eigenvalue weighted by Gasteiger charge is 2.53. The van der Waals surface area contributed by atoms with Crippen LogP contribution in [0, 0.1) is 6.92 Å². The average Bonchev–Trinajstić information content (AvgIpc) is 3.65. The summed E-state index contributed by atoms with van der Waals surface area (Å²) in [6, 6.07) is 8.16. The molecular weight excluding hydrogens is 536 g/mol. The van der Waals surface area contributed by atoms with Crippen LogP contribution in [0.2, 0.25) is 0 Å². The van der Waals surface area contributed by atoms with E-state index < -0.39 is 54.6 Å². The maximum atomic E-state index is 12.1. The van der Waals surface area contributed by atoms with E-state index in [-0.39, 0.29) is 12.5 Å². The Kier molecular flexibility index (Phi) is 9.43. The Hall–Kier alpha value is -4.19. The van der Waals surface area contributed by atoms with E-state index in [0.29, 0.717) is 6.42 Å². The maximum absolute atomic E-state index is 12.1. The Labute approximate surface area is 237 Å². The van der Waals surface area contributed by atoms with Gasteiger partial charge in [0.05, 0.1) is 0 Å². The number of H-pyrrole nitrogens is 1. The molecule has 1 aliphatic carbocycles. The van der Waals surface area contributed by atoms with Crippen molar-refractivity contribution in [2.75, 3.05) is 6.61 Å². The number of hydrogen-bond donors (Lipinski definition) is 1. The minimum absolute atomic E-state index is 0.174. The van der Waals surface area contributed by atoms with Gasteiger partial charge in [-0.2, -0.15) is 0 Å². The number of nitrogens with zero attached hydrogens (tertiary/aromatic N) is 1. The second kappa shape index (κ2) is 13.0. The molecule has 12 heteroatoms. The number of aryl methyl sites for hydroxylation is 1. The van der Waals surface area contributed by atoms with Gasteiger partial charge in [0.25, 0.3) is 0 Å². The van der Waals surface area contributed by atoms with Gasteiger partial charge in [0, 0.05) is 45.4 Å². The Morgan fingerprint density at radius 2 is 1.51 bits per heavy atom. The van der Waals surface area contributed by atoms with E-state index >= 15 is 0 Å². The number of benzene rings is 1. The van der Waals surface area contributed by atoms with Crippen molar-refractivity contribution in [3.8, 4) is 5.88 Å². The first-order chi connectivity index (χ1) is 19.5. The summed E-state index contributed by atoms with van der Waals surface area (Å²) in [4.78, 5) is 47.7. The Bertz CT molecular complexity index is 1310. The van der Waals surface area contributed by atoms with Gasteiger partial charge in [-0.1, -0.05) is 35.9 Å². The topological polar surface area (TPSA) is 152 Å². The van der Waals surface area contributed by atoms with Gasteiger partial charge in [-0.25, -0.2) is 0 Å². The number of aromatic amines is 1. The third kappa shape index (κ3) is 8.16. The van der Waals surface area contributed by atoms with Crippen molar-refractivity contribution in [2.45, 2.75) is 84.6 Å². The number of rotatable bonds is 10. The van der Waals surface area contributed by atoms with Crippen LogP contribution < -0.4 is 4.74 Å². The molecular formula is C29H34N2O10. The molecule has 0 bridgehead atoms. The fraction of sp³-hybridized carbons (Fsp3) is 0.483. The van der Waals surface area contributed by atoms with Crippen LogP contribution in [0.5, 0.6) is 5.88 Å². The molecule has 1 N–H and O–H groups in total. The van der Waals surface area contributed by atoms with Crippen LogP contribution in [-0.4, -0.2) is 71.4 Å². The summed E-state index contributed by atoms with van der Waals surface area (Å²) in [5, 5.41) is 7.19. The van der Waals surface area contributed by atoms with Crippen LogP contribution in [0.4, 0.5) is 0 Å². The summed E-state index contributed by atoms with van der Waals surface area (Å²) in [6.45, 7) is 6.17. The van der Waals surface area contributed by atoms with Crippen molar-refractivity contribution in [3.05, 3.63) is 52.2 Å². The number of esters is 4. The molecule has 2 aliphatic rings. The van der Waals surface area contributed by atoms with Crippen molar-refractivity contribution in [1.29, 1.82) is 0 Å². The van der Waals surface area contributed by atoms with E-state index in [4.69, 9.17) is 28.4 Å². The number of hydrogen-bond acceptors (Lipinski definition) is 11. The predicted molar refractivity (Wildman–Crippen MR) is 142 cm³/mol. The van der Waals surface area contributed by atoms with Crippen LogP contribution in [-0.2, 0) is 49.3 Å². The zero-order chi connectivity index (χ0) is 29.7. The smallest absolute Gasteiger partial charge is 0.303 e. The van der Waals surface area contributed by atoms with Crippen molar-refractivity contribution in [1.82, 2.24) is 10.2 Å². The van der Waals surface area contributed by atoms with Crippen LogP contribution in [0.1, 0.15) is 62.9 Å². The van der Waals surface area contributed by atoms with Gasteiger partial charge in [-0.05, 0) is 30.9 Å². The molecule has 220 valence electrons. The summed E-state index contributed by atoms with van der Waals surface area (Å²) in [5.41, 5.74) is 5.06. The van der Waals surface area contributed by atoms with Gasteiger partial charge in [0.2, 0.25) is 18.3 Å². The number of allylic oxidation sites excluding steroid dienone is 1. The molecule has 0 spiro atoms. The van der Waals surface area contributed by atoms with E-state index in [2.05, 4.69) is 28.4 Å². The largest absolute Gasteiger partial charge is 0.463 e. The molecule has 0 amide bonds. The molecule has 2 heterocycles. The van der Waals surface area contributed by atoms with Gasteiger partial charge in [0.1, 0.15) is 12.7 Å². The molecule has 0 radical (unpaired) electrons. The van der Waals surface area contributed by atoms with Gasteiger partial charge >= 0.3 is 23.9 Å². The summed E-state index contributed by atoms with van der Waals surface area (Å²) < 4.78 is 33.7. The average molecular weight is 571 g/mol. The molecule has 1 saturated heterocycles.